The number of rotatable bonds is 5. The molecule has 1 rings (SSSR count). The first kappa shape index (κ1) is 15.9. The second-order valence-corrected chi connectivity index (χ2v) is 3.79. The van der Waals surface area contributed by atoms with E-state index in [-0.39, 0.29) is 11.7 Å². The largest absolute Gasteiger partial charge is 0.492 e. The molecule has 3 heteroatoms. The molecule has 0 fully saturated rings. The van der Waals surface area contributed by atoms with Gasteiger partial charge in [0.2, 0.25) is 0 Å². The first-order valence-corrected chi connectivity index (χ1v) is 6.22. The van der Waals surface area contributed by atoms with Crippen molar-refractivity contribution >= 4 is 0 Å². The van der Waals surface area contributed by atoms with Gasteiger partial charge in [-0.2, -0.15) is 0 Å². The number of likely N-dealkylation sites (N-methyl/N-ethyl adjacent to an activating group) is 1. The standard InChI is InChI=1S/C12H18FNO.C2H6/c1-9(2)11-5-4-10(8-12(11)13)15-7-6-14-3;1-2/h4-5,8-9,14H,6-7H2,1-3H3;1-2H3. The summed E-state index contributed by atoms with van der Waals surface area (Å²) in [6.07, 6.45) is 0. The van der Waals surface area contributed by atoms with E-state index in [1.165, 1.54) is 6.07 Å². The third kappa shape index (κ3) is 5.68. The molecule has 0 aromatic heterocycles. The first-order valence-electron chi connectivity index (χ1n) is 6.22. The highest BCUT2D eigenvalue weighted by atomic mass is 19.1. The zero-order valence-electron chi connectivity index (χ0n) is 11.5. The summed E-state index contributed by atoms with van der Waals surface area (Å²) in [4.78, 5) is 0. The summed E-state index contributed by atoms with van der Waals surface area (Å²) < 4.78 is 18.9. The van der Waals surface area contributed by atoms with E-state index < -0.39 is 0 Å². The van der Waals surface area contributed by atoms with Gasteiger partial charge in [-0.25, -0.2) is 4.39 Å². The SMILES string of the molecule is CC.CNCCOc1ccc(C(C)C)c(F)c1. The van der Waals surface area contributed by atoms with Crippen LogP contribution in [0.1, 0.15) is 39.2 Å². The lowest BCUT2D eigenvalue weighted by atomic mass is 10.0. The van der Waals surface area contributed by atoms with E-state index in [0.717, 1.165) is 12.1 Å². The van der Waals surface area contributed by atoms with Crippen molar-refractivity contribution in [2.45, 2.75) is 33.6 Å². The van der Waals surface area contributed by atoms with E-state index in [1.807, 2.05) is 40.8 Å². The van der Waals surface area contributed by atoms with Gasteiger partial charge in [-0.05, 0) is 24.6 Å². The van der Waals surface area contributed by atoms with E-state index in [1.54, 1.807) is 6.07 Å². The maximum atomic E-state index is 13.5. The smallest absolute Gasteiger partial charge is 0.130 e. The third-order valence-electron chi connectivity index (χ3n) is 2.21. The molecule has 17 heavy (non-hydrogen) atoms. The van der Waals surface area contributed by atoms with Gasteiger partial charge in [-0.1, -0.05) is 33.8 Å². The van der Waals surface area contributed by atoms with Crippen molar-refractivity contribution in [2.75, 3.05) is 20.2 Å². The van der Waals surface area contributed by atoms with Crippen LogP contribution in [0.2, 0.25) is 0 Å². The van der Waals surface area contributed by atoms with Crippen LogP contribution in [-0.2, 0) is 0 Å². The minimum atomic E-state index is -0.188. The minimum absolute atomic E-state index is 0.188. The zero-order chi connectivity index (χ0) is 13.3. The summed E-state index contributed by atoms with van der Waals surface area (Å²) >= 11 is 0. The molecule has 0 aliphatic carbocycles. The van der Waals surface area contributed by atoms with Crippen LogP contribution in [0.4, 0.5) is 4.39 Å². The predicted molar refractivity (Wildman–Crippen MR) is 71.3 cm³/mol. The van der Waals surface area contributed by atoms with Crippen molar-refractivity contribution in [1.29, 1.82) is 0 Å². The third-order valence-corrected chi connectivity index (χ3v) is 2.21. The first-order chi connectivity index (χ1) is 8.15. The number of ether oxygens (including phenoxy) is 1. The van der Waals surface area contributed by atoms with Crippen molar-refractivity contribution < 1.29 is 9.13 Å². The van der Waals surface area contributed by atoms with Crippen molar-refractivity contribution in [3.8, 4) is 5.75 Å². The van der Waals surface area contributed by atoms with Crippen LogP contribution in [0.25, 0.3) is 0 Å². The lowest BCUT2D eigenvalue weighted by Gasteiger charge is -2.10. The molecule has 98 valence electrons. The Morgan fingerprint density at radius 3 is 2.41 bits per heavy atom. The molecule has 2 nitrogen and oxygen atoms in total. The van der Waals surface area contributed by atoms with E-state index >= 15 is 0 Å². The van der Waals surface area contributed by atoms with E-state index in [9.17, 15) is 4.39 Å². The normalized spacial score (nSPS) is 9.82. The highest BCUT2D eigenvalue weighted by molar-refractivity contribution is 5.30. The van der Waals surface area contributed by atoms with Gasteiger partial charge in [0.1, 0.15) is 18.2 Å². The van der Waals surface area contributed by atoms with Crippen molar-refractivity contribution in [1.82, 2.24) is 5.32 Å². The molecule has 0 spiro atoms. The average molecular weight is 241 g/mol. The Labute approximate surface area is 104 Å². The number of nitrogens with one attached hydrogen (secondary N) is 1. The second kappa shape index (κ2) is 8.99. The average Bonchev–Trinajstić information content (AvgIpc) is 2.31. The van der Waals surface area contributed by atoms with E-state index in [2.05, 4.69) is 5.32 Å². The molecular weight excluding hydrogens is 217 g/mol. The highest BCUT2D eigenvalue weighted by Gasteiger charge is 2.07. The van der Waals surface area contributed by atoms with Gasteiger partial charge in [0.25, 0.3) is 0 Å². The van der Waals surface area contributed by atoms with Crippen molar-refractivity contribution in [3.63, 3.8) is 0 Å². The fourth-order valence-electron chi connectivity index (χ4n) is 1.34. The van der Waals surface area contributed by atoms with Gasteiger partial charge in [-0.15, -0.1) is 0 Å². The maximum Gasteiger partial charge on any atom is 0.130 e. The number of benzene rings is 1. The fourth-order valence-corrected chi connectivity index (χ4v) is 1.34. The molecule has 0 atom stereocenters. The molecule has 0 bridgehead atoms. The zero-order valence-corrected chi connectivity index (χ0v) is 11.5. The molecule has 0 saturated heterocycles. The Kier molecular flexibility index (Phi) is 8.42. The fraction of sp³-hybridized carbons (Fsp3) is 0.571. The Balaban J connectivity index is 0.00000121. The van der Waals surface area contributed by atoms with Crippen molar-refractivity contribution in [2.24, 2.45) is 0 Å². The summed E-state index contributed by atoms with van der Waals surface area (Å²) in [5, 5.41) is 2.96. The topological polar surface area (TPSA) is 21.3 Å². The summed E-state index contributed by atoms with van der Waals surface area (Å²) in [5.41, 5.74) is 0.732. The highest BCUT2D eigenvalue weighted by Crippen LogP contribution is 2.22. The molecule has 1 aromatic rings. The summed E-state index contributed by atoms with van der Waals surface area (Å²) in [6, 6.07) is 5.05. The van der Waals surface area contributed by atoms with Gasteiger partial charge < -0.3 is 10.1 Å². The monoisotopic (exact) mass is 241 g/mol. The predicted octanol–water partition coefficient (Wildman–Crippen LogP) is 3.57. The van der Waals surface area contributed by atoms with Crippen molar-refractivity contribution in [3.05, 3.63) is 29.6 Å². The van der Waals surface area contributed by atoms with Gasteiger partial charge in [0, 0.05) is 12.6 Å². The van der Waals surface area contributed by atoms with Crippen LogP contribution in [-0.4, -0.2) is 20.2 Å². The molecule has 0 saturated carbocycles. The Morgan fingerprint density at radius 2 is 1.94 bits per heavy atom. The summed E-state index contributed by atoms with van der Waals surface area (Å²) in [5.74, 6) is 0.607. The number of halogens is 1. The van der Waals surface area contributed by atoms with Crippen LogP contribution < -0.4 is 10.1 Å². The van der Waals surface area contributed by atoms with E-state index in [4.69, 9.17) is 4.74 Å². The Hall–Kier alpha value is -1.09. The van der Waals surface area contributed by atoms with Crippen LogP contribution >= 0.6 is 0 Å². The molecule has 1 N–H and O–H groups in total. The molecule has 0 aliphatic rings. The Bertz CT molecular complexity index is 313. The quantitative estimate of drug-likeness (QED) is 0.796. The lowest BCUT2D eigenvalue weighted by Crippen LogP contribution is -2.16. The molecule has 0 amide bonds. The lowest BCUT2D eigenvalue weighted by molar-refractivity contribution is 0.316. The maximum absolute atomic E-state index is 13.5. The van der Waals surface area contributed by atoms with Gasteiger partial charge in [0.15, 0.2) is 0 Å². The molecule has 0 heterocycles. The van der Waals surface area contributed by atoms with Gasteiger partial charge in [-0.3, -0.25) is 0 Å². The molecule has 0 unspecified atom stereocenters. The van der Waals surface area contributed by atoms with Crippen LogP contribution in [0, 0.1) is 5.82 Å². The van der Waals surface area contributed by atoms with Gasteiger partial charge >= 0.3 is 0 Å². The van der Waals surface area contributed by atoms with Crippen LogP contribution in [0.15, 0.2) is 18.2 Å². The number of hydrogen-bond donors (Lipinski definition) is 1. The van der Waals surface area contributed by atoms with Gasteiger partial charge in [0.05, 0.1) is 0 Å². The van der Waals surface area contributed by atoms with Crippen LogP contribution in [0.3, 0.4) is 0 Å². The van der Waals surface area contributed by atoms with Crippen LogP contribution in [0.5, 0.6) is 5.75 Å². The second-order valence-electron chi connectivity index (χ2n) is 3.79. The molecule has 0 radical (unpaired) electrons. The molecule has 1 aromatic carbocycles. The summed E-state index contributed by atoms with van der Waals surface area (Å²) in [6.45, 7) is 9.25. The van der Waals surface area contributed by atoms with E-state index in [0.29, 0.717) is 12.4 Å². The molecular formula is C14H24FNO. The summed E-state index contributed by atoms with van der Waals surface area (Å²) in [7, 11) is 1.85. The number of hydrogen-bond acceptors (Lipinski definition) is 2. The minimum Gasteiger partial charge on any atom is -0.492 e. The molecule has 0 aliphatic heterocycles. The Morgan fingerprint density at radius 1 is 1.29 bits per heavy atom.